The molecule has 3 aromatic rings. The zero-order valence-corrected chi connectivity index (χ0v) is 13.1. The third kappa shape index (κ3) is 3.00. The van der Waals surface area contributed by atoms with Gasteiger partial charge in [-0.15, -0.1) is 11.3 Å². The predicted octanol–water partition coefficient (Wildman–Crippen LogP) is 4.03. The number of fused-ring (bicyclic) bond motifs is 1. The van der Waals surface area contributed by atoms with Crippen molar-refractivity contribution in [1.82, 2.24) is 4.98 Å². The summed E-state index contributed by atoms with van der Waals surface area (Å²) in [7, 11) is 1.28. The zero-order chi connectivity index (χ0) is 17.3. The van der Waals surface area contributed by atoms with Crippen LogP contribution in [0.25, 0.3) is 20.8 Å². The third-order valence-corrected chi connectivity index (χ3v) is 4.28. The second-order valence-electron chi connectivity index (χ2n) is 4.78. The van der Waals surface area contributed by atoms with Crippen molar-refractivity contribution in [3.8, 4) is 22.1 Å². The Morgan fingerprint density at radius 3 is 2.62 bits per heavy atom. The number of aliphatic carboxylic acids is 1. The number of benzene rings is 2. The second kappa shape index (κ2) is 6.04. The molecule has 0 fully saturated rings. The molecule has 0 saturated carbocycles. The Bertz CT molecular complexity index is 877. The zero-order valence-electron chi connectivity index (χ0n) is 12.3. The number of aromatic nitrogens is 1. The lowest BCUT2D eigenvalue weighted by Crippen LogP contribution is -2.34. The number of hydrogen-bond donors (Lipinski definition) is 1. The fraction of sp³-hybridized carbons (Fsp3) is 0.125. The summed E-state index contributed by atoms with van der Waals surface area (Å²) >= 11 is 1.44. The molecule has 2 aromatic carbocycles. The van der Waals surface area contributed by atoms with Crippen LogP contribution in [0.3, 0.4) is 0 Å². The van der Waals surface area contributed by atoms with Gasteiger partial charge in [0.25, 0.3) is 0 Å². The van der Waals surface area contributed by atoms with Gasteiger partial charge in [0.05, 0.1) is 17.3 Å². The minimum atomic E-state index is -4.34. The van der Waals surface area contributed by atoms with E-state index in [1.807, 2.05) is 24.3 Å². The molecule has 0 amide bonds. The largest absolute Gasteiger partial charge is 0.502 e. The van der Waals surface area contributed by atoms with E-state index in [1.165, 1.54) is 36.6 Å². The quantitative estimate of drug-likeness (QED) is 0.752. The van der Waals surface area contributed by atoms with Crippen LogP contribution in [0.1, 0.15) is 0 Å². The molecule has 0 radical (unpaired) electrons. The summed E-state index contributed by atoms with van der Waals surface area (Å²) in [5, 5.41) is 9.14. The normalized spacial score (nSPS) is 11.5. The summed E-state index contributed by atoms with van der Waals surface area (Å²) in [6.45, 7) is 0. The maximum Gasteiger partial charge on any atom is 0.502 e. The van der Waals surface area contributed by atoms with Crippen molar-refractivity contribution in [3.63, 3.8) is 0 Å². The number of halogens is 2. The number of ether oxygens (including phenoxy) is 2. The minimum Gasteiger partial charge on any atom is -0.493 e. The van der Waals surface area contributed by atoms with Gasteiger partial charge in [0.2, 0.25) is 0 Å². The standard InChI is InChI=1S/C16H11F2NO4S/c1-22-12-8-9(6-7-11(12)23-16(17,18)15(20)21)14-19-10-4-2-3-5-13(10)24-14/h2-8H,1H3,(H,20,21). The first-order chi connectivity index (χ1) is 11.4. The SMILES string of the molecule is COc1cc(-c2nc3ccccc3s2)ccc1OC(F)(F)C(=O)O. The Kier molecular flexibility index (Phi) is 4.06. The fourth-order valence-corrected chi connectivity index (χ4v) is 3.02. The topological polar surface area (TPSA) is 68.7 Å². The molecule has 0 aliphatic rings. The van der Waals surface area contributed by atoms with Crippen molar-refractivity contribution < 1.29 is 28.2 Å². The van der Waals surface area contributed by atoms with Gasteiger partial charge < -0.3 is 14.6 Å². The van der Waals surface area contributed by atoms with E-state index in [1.54, 1.807) is 0 Å². The van der Waals surface area contributed by atoms with Gasteiger partial charge in [-0.1, -0.05) is 12.1 Å². The van der Waals surface area contributed by atoms with Crippen molar-refractivity contribution in [2.24, 2.45) is 0 Å². The predicted molar refractivity (Wildman–Crippen MR) is 84.8 cm³/mol. The number of methoxy groups -OCH3 is 1. The highest BCUT2D eigenvalue weighted by Gasteiger charge is 2.43. The summed E-state index contributed by atoms with van der Waals surface area (Å²) in [6.07, 6.45) is -4.34. The minimum absolute atomic E-state index is 0.00678. The third-order valence-electron chi connectivity index (χ3n) is 3.19. The molecule has 0 aliphatic heterocycles. The van der Waals surface area contributed by atoms with Crippen molar-refractivity contribution in [2.75, 3.05) is 7.11 Å². The molecule has 0 saturated heterocycles. The lowest BCUT2D eigenvalue weighted by molar-refractivity contribution is -0.211. The van der Waals surface area contributed by atoms with Crippen molar-refractivity contribution in [1.29, 1.82) is 0 Å². The van der Waals surface area contributed by atoms with Gasteiger partial charge in [-0.3, -0.25) is 0 Å². The highest BCUT2D eigenvalue weighted by molar-refractivity contribution is 7.21. The number of nitrogens with zero attached hydrogens (tertiary/aromatic N) is 1. The van der Waals surface area contributed by atoms with E-state index in [9.17, 15) is 13.6 Å². The smallest absolute Gasteiger partial charge is 0.493 e. The van der Waals surface area contributed by atoms with Crippen LogP contribution < -0.4 is 9.47 Å². The molecule has 1 N–H and O–H groups in total. The maximum absolute atomic E-state index is 13.2. The number of carboxylic acids is 1. The lowest BCUT2D eigenvalue weighted by Gasteiger charge is -2.16. The Morgan fingerprint density at radius 1 is 1.21 bits per heavy atom. The first kappa shape index (κ1) is 16.1. The highest BCUT2D eigenvalue weighted by Crippen LogP contribution is 2.37. The van der Waals surface area contributed by atoms with Crippen LogP contribution in [0.5, 0.6) is 11.5 Å². The van der Waals surface area contributed by atoms with Gasteiger partial charge in [-0.2, -0.15) is 8.78 Å². The number of carboxylic acid groups (broad SMARTS) is 1. The molecule has 0 atom stereocenters. The number of rotatable bonds is 5. The van der Waals surface area contributed by atoms with Crippen LogP contribution in [0.2, 0.25) is 0 Å². The molecular weight excluding hydrogens is 340 g/mol. The molecule has 3 rings (SSSR count). The van der Waals surface area contributed by atoms with Crippen LogP contribution in [0.4, 0.5) is 8.78 Å². The molecule has 5 nitrogen and oxygen atoms in total. The van der Waals surface area contributed by atoms with Crippen molar-refractivity contribution in [2.45, 2.75) is 6.11 Å². The van der Waals surface area contributed by atoms with Crippen LogP contribution >= 0.6 is 11.3 Å². The Hall–Kier alpha value is -2.74. The average Bonchev–Trinajstić information content (AvgIpc) is 2.98. The first-order valence-electron chi connectivity index (χ1n) is 6.75. The van der Waals surface area contributed by atoms with E-state index in [2.05, 4.69) is 9.72 Å². The number of para-hydroxylation sites is 1. The monoisotopic (exact) mass is 351 g/mol. The lowest BCUT2D eigenvalue weighted by atomic mass is 10.2. The van der Waals surface area contributed by atoms with Crippen LogP contribution in [0, 0.1) is 0 Å². The molecule has 1 aromatic heterocycles. The van der Waals surface area contributed by atoms with Gasteiger partial charge in [0, 0.05) is 5.56 Å². The Balaban J connectivity index is 1.98. The van der Waals surface area contributed by atoms with E-state index in [4.69, 9.17) is 9.84 Å². The summed E-state index contributed by atoms with van der Waals surface area (Å²) in [5.74, 6) is -2.75. The molecule has 0 unspecified atom stereocenters. The molecular formula is C16H11F2NO4S. The Labute approximate surface area is 139 Å². The van der Waals surface area contributed by atoms with E-state index in [-0.39, 0.29) is 11.5 Å². The van der Waals surface area contributed by atoms with Crippen LogP contribution in [0.15, 0.2) is 42.5 Å². The van der Waals surface area contributed by atoms with E-state index in [0.29, 0.717) is 10.6 Å². The van der Waals surface area contributed by atoms with Crippen LogP contribution in [-0.2, 0) is 4.79 Å². The van der Waals surface area contributed by atoms with E-state index in [0.717, 1.165) is 10.2 Å². The van der Waals surface area contributed by atoms with E-state index >= 15 is 0 Å². The molecule has 24 heavy (non-hydrogen) atoms. The summed E-state index contributed by atoms with van der Waals surface area (Å²) in [6, 6.07) is 11.8. The number of hydrogen-bond acceptors (Lipinski definition) is 5. The molecule has 8 heteroatoms. The summed E-state index contributed by atoms with van der Waals surface area (Å²) in [5.41, 5.74) is 1.48. The molecule has 1 heterocycles. The van der Waals surface area contributed by atoms with Gasteiger partial charge in [-0.25, -0.2) is 9.78 Å². The van der Waals surface area contributed by atoms with Crippen molar-refractivity contribution >= 4 is 27.5 Å². The number of carbonyl (C=O) groups is 1. The van der Waals surface area contributed by atoms with Crippen molar-refractivity contribution in [3.05, 3.63) is 42.5 Å². The summed E-state index contributed by atoms with van der Waals surface area (Å²) in [4.78, 5) is 15.0. The average molecular weight is 351 g/mol. The fourth-order valence-electron chi connectivity index (χ4n) is 2.06. The number of alkyl halides is 2. The highest BCUT2D eigenvalue weighted by atomic mass is 32.1. The second-order valence-corrected chi connectivity index (χ2v) is 5.81. The van der Waals surface area contributed by atoms with Gasteiger partial charge in [0.1, 0.15) is 5.01 Å². The molecule has 0 bridgehead atoms. The van der Waals surface area contributed by atoms with Gasteiger partial charge in [-0.05, 0) is 30.3 Å². The van der Waals surface area contributed by atoms with Crippen LogP contribution in [-0.4, -0.2) is 29.3 Å². The molecule has 124 valence electrons. The Morgan fingerprint density at radius 2 is 1.96 bits per heavy atom. The summed E-state index contributed by atoms with van der Waals surface area (Å²) < 4.78 is 36.7. The van der Waals surface area contributed by atoms with Gasteiger partial charge >= 0.3 is 12.1 Å². The maximum atomic E-state index is 13.2. The first-order valence-corrected chi connectivity index (χ1v) is 7.56. The molecule has 0 spiro atoms. The van der Waals surface area contributed by atoms with E-state index < -0.39 is 12.1 Å². The number of thiazole rings is 1. The molecule has 0 aliphatic carbocycles. The van der Waals surface area contributed by atoms with Gasteiger partial charge in [0.15, 0.2) is 11.5 Å².